The molecule has 1 atom stereocenters. The maximum Gasteiger partial charge on any atom is 0.407 e. The van der Waals surface area contributed by atoms with Crippen molar-refractivity contribution in [1.82, 2.24) is 25.5 Å². The number of methoxy groups -OCH3 is 1. The van der Waals surface area contributed by atoms with E-state index in [0.29, 0.717) is 23.4 Å². The summed E-state index contributed by atoms with van der Waals surface area (Å²) in [6.45, 7) is 4.47. The molecule has 1 heterocycles. The van der Waals surface area contributed by atoms with Crippen LogP contribution in [0.15, 0.2) is 83.8 Å². The molecule has 0 saturated carbocycles. The van der Waals surface area contributed by atoms with Gasteiger partial charge in [0.25, 0.3) is 15.9 Å². The number of piperazine rings is 1. The van der Waals surface area contributed by atoms with Gasteiger partial charge in [0.15, 0.2) is 0 Å². The van der Waals surface area contributed by atoms with Crippen LogP contribution in [-0.2, 0) is 35.7 Å². The van der Waals surface area contributed by atoms with Crippen molar-refractivity contribution in [2.24, 2.45) is 0 Å². The van der Waals surface area contributed by atoms with Gasteiger partial charge in [-0.25, -0.2) is 18.7 Å². The molecule has 3 aromatic rings. The van der Waals surface area contributed by atoms with E-state index in [4.69, 9.17) is 19.0 Å². The summed E-state index contributed by atoms with van der Waals surface area (Å²) in [5.41, 5.74) is 3.90. The Morgan fingerprint density at radius 2 is 1.60 bits per heavy atom. The zero-order chi connectivity index (χ0) is 34.2. The van der Waals surface area contributed by atoms with Gasteiger partial charge in [-0.05, 0) is 47.4 Å². The van der Waals surface area contributed by atoms with Crippen molar-refractivity contribution in [3.05, 3.63) is 84.4 Å². The second-order valence-corrected chi connectivity index (χ2v) is 12.6. The van der Waals surface area contributed by atoms with Crippen LogP contribution in [0.5, 0.6) is 5.75 Å². The summed E-state index contributed by atoms with van der Waals surface area (Å²) in [6.07, 6.45) is -1.01. The average molecular weight is 686 g/mol. The van der Waals surface area contributed by atoms with Crippen LogP contribution in [0.25, 0.3) is 11.1 Å². The van der Waals surface area contributed by atoms with E-state index < -0.39 is 28.1 Å². The zero-order valence-electron chi connectivity index (χ0n) is 26.9. The highest BCUT2D eigenvalue weighted by atomic mass is 32.2. The fourth-order valence-electron chi connectivity index (χ4n) is 4.94. The van der Waals surface area contributed by atoms with E-state index in [9.17, 15) is 23.2 Å². The molecular weight excluding hydrogens is 642 g/mol. The van der Waals surface area contributed by atoms with Gasteiger partial charge in [-0.2, -0.15) is 0 Å². The Labute approximate surface area is 280 Å². The number of amides is 2. The lowest BCUT2D eigenvalue weighted by Gasteiger charge is -2.29. The van der Waals surface area contributed by atoms with E-state index in [1.165, 1.54) is 17.6 Å². The molecule has 0 aromatic heterocycles. The smallest absolute Gasteiger partial charge is 0.407 e. The van der Waals surface area contributed by atoms with Gasteiger partial charge < -0.3 is 24.8 Å². The average Bonchev–Trinajstić information content (AvgIpc) is 3.13. The van der Waals surface area contributed by atoms with Gasteiger partial charge >= 0.3 is 6.09 Å². The van der Waals surface area contributed by atoms with Crippen LogP contribution in [0.3, 0.4) is 0 Å². The molecular formula is C33H43N5O9S. The van der Waals surface area contributed by atoms with Crippen molar-refractivity contribution in [3.8, 4) is 16.9 Å². The van der Waals surface area contributed by atoms with E-state index in [1.807, 2.05) is 30.3 Å². The molecule has 0 spiro atoms. The number of ether oxygens (including phenoxy) is 3. The quantitative estimate of drug-likeness (QED) is 0.0882. The molecule has 0 bridgehead atoms. The van der Waals surface area contributed by atoms with Gasteiger partial charge in [0, 0.05) is 39.3 Å². The Balaban J connectivity index is 1.44. The summed E-state index contributed by atoms with van der Waals surface area (Å²) >= 11 is 0. The van der Waals surface area contributed by atoms with Crippen molar-refractivity contribution < 1.29 is 42.3 Å². The highest BCUT2D eigenvalue weighted by Gasteiger charge is 2.37. The standard InChI is InChI=1S/C33H43N5O9S/c1-44-29-11-7-27(8-12-29)28-9-13-30(14-10-28)48(42,43)38(47-24-23-45-22-21-37-19-17-34-18-20-37)31(32(39)36-41)15-16-35-33(40)46-25-26-5-3-2-4-6-26/h2-14,31,34,41H,15-25H2,1H3,(H,35,40)(H,36,39)/t31-/m1/s1. The summed E-state index contributed by atoms with van der Waals surface area (Å²) in [7, 11) is -2.90. The lowest BCUT2D eigenvalue weighted by atomic mass is 10.1. The van der Waals surface area contributed by atoms with E-state index in [0.717, 1.165) is 42.9 Å². The van der Waals surface area contributed by atoms with Gasteiger partial charge in [-0.15, -0.1) is 0 Å². The molecule has 0 unspecified atom stereocenters. The first-order chi connectivity index (χ1) is 23.3. The number of carbonyl (C=O) groups is 2. The molecule has 4 rings (SSSR count). The monoisotopic (exact) mass is 685 g/mol. The fraction of sp³-hybridized carbons (Fsp3) is 0.394. The minimum atomic E-state index is -4.47. The molecule has 3 aromatic carbocycles. The van der Waals surface area contributed by atoms with Crippen molar-refractivity contribution in [2.75, 3.05) is 66.2 Å². The Morgan fingerprint density at radius 3 is 2.25 bits per heavy atom. The van der Waals surface area contributed by atoms with Gasteiger partial charge in [-0.3, -0.25) is 19.7 Å². The lowest BCUT2D eigenvalue weighted by molar-refractivity contribution is -0.159. The first kappa shape index (κ1) is 36.7. The van der Waals surface area contributed by atoms with Crippen molar-refractivity contribution in [1.29, 1.82) is 0 Å². The maximum absolute atomic E-state index is 14.0. The van der Waals surface area contributed by atoms with Gasteiger partial charge in [0.1, 0.15) is 18.4 Å². The molecule has 1 aliphatic heterocycles. The van der Waals surface area contributed by atoms with Crippen LogP contribution in [0.2, 0.25) is 0 Å². The number of benzene rings is 3. The summed E-state index contributed by atoms with van der Waals surface area (Å²) in [5, 5.41) is 15.3. The third-order valence-electron chi connectivity index (χ3n) is 7.59. The Bertz CT molecular complexity index is 1520. The zero-order valence-corrected chi connectivity index (χ0v) is 27.7. The van der Waals surface area contributed by atoms with Crippen LogP contribution in [0, 0.1) is 0 Å². The fourth-order valence-corrected chi connectivity index (χ4v) is 6.38. The number of nitrogens with zero attached hydrogens (tertiary/aromatic N) is 2. The molecule has 14 nitrogen and oxygen atoms in total. The molecule has 2 amide bonds. The number of hydroxylamine groups is 2. The summed E-state index contributed by atoms with van der Waals surface area (Å²) in [5.74, 6) is -0.363. The van der Waals surface area contributed by atoms with E-state index in [1.54, 1.807) is 43.5 Å². The predicted molar refractivity (Wildman–Crippen MR) is 176 cm³/mol. The normalized spacial score (nSPS) is 14.3. The number of rotatable bonds is 18. The van der Waals surface area contributed by atoms with Gasteiger partial charge in [-0.1, -0.05) is 59.1 Å². The van der Waals surface area contributed by atoms with Crippen molar-refractivity contribution >= 4 is 22.0 Å². The van der Waals surface area contributed by atoms with E-state index in [2.05, 4.69) is 15.5 Å². The highest BCUT2D eigenvalue weighted by molar-refractivity contribution is 7.89. The third-order valence-corrected chi connectivity index (χ3v) is 9.29. The van der Waals surface area contributed by atoms with E-state index >= 15 is 0 Å². The minimum absolute atomic E-state index is 0.0258. The number of alkyl carbamates (subject to hydrolysis) is 1. The van der Waals surface area contributed by atoms with Crippen molar-refractivity contribution in [2.45, 2.75) is 24.0 Å². The number of nitrogens with one attached hydrogen (secondary N) is 3. The maximum atomic E-state index is 14.0. The number of hydrogen-bond acceptors (Lipinski definition) is 11. The van der Waals surface area contributed by atoms with Crippen LogP contribution in [-0.4, -0.2) is 107 Å². The SMILES string of the molecule is COc1ccc(-c2ccc(S(=O)(=O)N(OCCOCCN3CCNCC3)[C@H](CCNC(=O)OCc3ccccc3)C(=O)NO)cc2)cc1. The molecule has 48 heavy (non-hydrogen) atoms. The second-order valence-electron chi connectivity index (χ2n) is 10.8. The largest absolute Gasteiger partial charge is 0.497 e. The summed E-state index contributed by atoms with van der Waals surface area (Å²) in [4.78, 5) is 33.0. The Kier molecular flexibility index (Phi) is 14.6. The number of sulfonamides is 1. The Morgan fingerprint density at radius 1 is 0.938 bits per heavy atom. The van der Waals surface area contributed by atoms with Crippen LogP contribution >= 0.6 is 0 Å². The molecule has 0 radical (unpaired) electrons. The molecule has 1 aliphatic rings. The van der Waals surface area contributed by atoms with Crippen LogP contribution in [0.4, 0.5) is 4.79 Å². The lowest BCUT2D eigenvalue weighted by Crippen LogP contribution is -2.50. The molecule has 4 N–H and O–H groups in total. The van der Waals surface area contributed by atoms with E-state index in [-0.39, 0.29) is 37.7 Å². The Hall–Kier alpha value is -4.09. The van der Waals surface area contributed by atoms with Crippen molar-refractivity contribution in [3.63, 3.8) is 0 Å². The summed E-state index contributed by atoms with van der Waals surface area (Å²) < 4.78 is 44.6. The van der Waals surface area contributed by atoms with Crippen LogP contribution in [0.1, 0.15) is 12.0 Å². The number of hydrogen-bond donors (Lipinski definition) is 4. The van der Waals surface area contributed by atoms with Crippen LogP contribution < -0.4 is 20.9 Å². The molecule has 0 aliphatic carbocycles. The molecule has 260 valence electrons. The topological polar surface area (TPSA) is 168 Å². The minimum Gasteiger partial charge on any atom is -0.497 e. The highest BCUT2D eigenvalue weighted by Crippen LogP contribution is 2.26. The first-order valence-corrected chi connectivity index (χ1v) is 17.1. The van der Waals surface area contributed by atoms with Gasteiger partial charge in [0.2, 0.25) is 0 Å². The molecule has 1 fully saturated rings. The van der Waals surface area contributed by atoms with Gasteiger partial charge in [0.05, 0.1) is 31.8 Å². The molecule has 1 saturated heterocycles. The predicted octanol–water partition coefficient (Wildman–Crippen LogP) is 2.40. The second kappa shape index (κ2) is 19.0. The summed E-state index contributed by atoms with van der Waals surface area (Å²) in [6, 6.07) is 20.9. The first-order valence-electron chi connectivity index (χ1n) is 15.6. The molecule has 15 heteroatoms. The number of carbonyl (C=O) groups excluding carboxylic acids is 2. The third kappa shape index (κ3) is 11.0.